The zero-order valence-electron chi connectivity index (χ0n) is 15.2. The number of hydrogen-bond acceptors (Lipinski definition) is 2. The van der Waals surface area contributed by atoms with E-state index in [4.69, 9.17) is 0 Å². The molecule has 0 radical (unpaired) electrons. The van der Waals surface area contributed by atoms with Crippen molar-refractivity contribution in [2.75, 3.05) is 4.72 Å². The van der Waals surface area contributed by atoms with Crippen molar-refractivity contribution in [1.82, 2.24) is 0 Å². The quantitative estimate of drug-likeness (QED) is 0.582. The van der Waals surface area contributed by atoms with Crippen molar-refractivity contribution in [2.24, 2.45) is 0 Å². The van der Waals surface area contributed by atoms with Crippen molar-refractivity contribution in [3.05, 3.63) is 102 Å². The van der Waals surface area contributed by atoms with Gasteiger partial charge in [0.1, 0.15) is 0 Å². The fraction of sp³-hybridized carbons (Fsp3) is 0.0909. The van der Waals surface area contributed by atoms with Gasteiger partial charge < -0.3 is 0 Å². The molecule has 0 saturated carbocycles. The summed E-state index contributed by atoms with van der Waals surface area (Å²) in [5.41, 5.74) is 1.94. The Balaban J connectivity index is 1.93. The molecule has 0 saturated heterocycles. The normalized spacial score (nSPS) is 11.1. The molecule has 3 rings (SSSR count). The van der Waals surface area contributed by atoms with Crippen molar-refractivity contribution in [2.45, 2.75) is 18.2 Å². The van der Waals surface area contributed by atoms with E-state index in [1.54, 1.807) is 66.7 Å². The average Bonchev–Trinajstić information content (AvgIpc) is 2.68. The maximum Gasteiger partial charge on any atom is 0.274 e. The van der Waals surface area contributed by atoms with E-state index in [0.29, 0.717) is 11.1 Å². The number of hydrogen-bond donors (Lipinski definition) is 1. The molecule has 3 nitrogen and oxygen atoms in total. The van der Waals surface area contributed by atoms with Gasteiger partial charge in [0, 0.05) is 12.0 Å². The third kappa shape index (κ3) is 4.64. The van der Waals surface area contributed by atoms with Crippen molar-refractivity contribution in [3.63, 3.8) is 0 Å². The lowest BCUT2D eigenvalue weighted by atomic mass is 9.98. The van der Waals surface area contributed by atoms with Crippen LogP contribution in [0.25, 0.3) is 5.57 Å². The third-order valence-electron chi connectivity index (χ3n) is 4.31. The van der Waals surface area contributed by atoms with Crippen LogP contribution in [0.15, 0.2) is 89.8 Å². The Labute approximate surface area is 163 Å². The molecule has 0 unspecified atom stereocenters. The molecule has 144 valence electrons. The van der Waals surface area contributed by atoms with Crippen LogP contribution in [0.3, 0.4) is 0 Å². The van der Waals surface area contributed by atoms with Crippen LogP contribution in [-0.4, -0.2) is 8.42 Å². The first-order valence-electron chi connectivity index (χ1n) is 8.64. The van der Waals surface area contributed by atoms with Gasteiger partial charge in [0.15, 0.2) is 0 Å². The van der Waals surface area contributed by atoms with E-state index in [9.17, 15) is 17.2 Å². The lowest BCUT2D eigenvalue weighted by Gasteiger charge is -2.14. The van der Waals surface area contributed by atoms with Crippen LogP contribution in [0.5, 0.6) is 0 Å². The van der Waals surface area contributed by atoms with Crippen LogP contribution in [0.4, 0.5) is 14.5 Å². The van der Waals surface area contributed by atoms with E-state index >= 15 is 0 Å². The Morgan fingerprint density at radius 1 is 0.857 bits per heavy atom. The van der Waals surface area contributed by atoms with Crippen molar-refractivity contribution < 1.29 is 17.2 Å². The van der Waals surface area contributed by atoms with Crippen LogP contribution >= 0.6 is 0 Å². The van der Waals surface area contributed by atoms with E-state index in [1.807, 2.05) is 6.92 Å². The molecule has 0 bridgehead atoms. The third-order valence-corrected chi connectivity index (χ3v) is 5.69. The Morgan fingerprint density at radius 3 is 2.11 bits per heavy atom. The standard InChI is InChI=1S/C22H19F2NO2S/c1-16-11-13-19(14-12-16)28(26,27)25-21-10-6-5-9-18(21)15-20(22(23)24)17-7-3-2-4-8-17/h2-14,25H,15H2,1H3. The number of para-hydroxylation sites is 1. The van der Waals surface area contributed by atoms with Gasteiger partial charge in [0.2, 0.25) is 0 Å². The molecule has 28 heavy (non-hydrogen) atoms. The summed E-state index contributed by atoms with van der Waals surface area (Å²) in [6.07, 6.45) is -1.89. The number of allylic oxidation sites excluding steroid dienone is 1. The molecule has 0 aromatic heterocycles. The minimum atomic E-state index is -3.83. The molecule has 0 aliphatic rings. The number of sulfonamides is 1. The van der Waals surface area contributed by atoms with Gasteiger partial charge in [-0.1, -0.05) is 66.2 Å². The number of halogens is 2. The molecule has 0 fully saturated rings. The van der Waals surface area contributed by atoms with Gasteiger partial charge in [0.25, 0.3) is 16.1 Å². The molecule has 3 aromatic rings. The predicted molar refractivity (Wildman–Crippen MR) is 108 cm³/mol. The van der Waals surface area contributed by atoms with Gasteiger partial charge in [-0.25, -0.2) is 8.42 Å². The zero-order valence-corrected chi connectivity index (χ0v) is 16.0. The summed E-state index contributed by atoms with van der Waals surface area (Å²) in [5, 5.41) is 0. The maximum absolute atomic E-state index is 13.6. The summed E-state index contributed by atoms with van der Waals surface area (Å²) in [5.74, 6) is 0. The average molecular weight is 399 g/mol. The first-order chi connectivity index (χ1) is 13.4. The second kappa shape index (κ2) is 8.35. The summed E-state index contributed by atoms with van der Waals surface area (Å²) < 4.78 is 55.1. The lowest BCUT2D eigenvalue weighted by molar-refractivity contribution is 0.424. The highest BCUT2D eigenvalue weighted by molar-refractivity contribution is 7.92. The van der Waals surface area contributed by atoms with Gasteiger partial charge in [-0.05, 0) is 36.2 Å². The number of nitrogens with one attached hydrogen (secondary N) is 1. The Morgan fingerprint density at radius 2 is 1.46 bits per heavy atom. The van der Waals surface area contributed by atoms with E-state index in [-0.39, 0.29) is 22.6 Å². The smallest absolute Gasteiger partial charge is 0.274 e. The van der Waals surface area contributed by atoms with Gasteiger partial charge in [0.05, 0.1) is 10.6 Å². The summed E-state index contributed by atoms with van der Waals surface area (Å²) in [4.78, 5) is 0.114. The minimum absolute atomic E-state index is 0.0983. The van der Waals surface area contributed by atoms with Gasteiger partial charge in [-0.15, -0.1) is 0 Å². The Bertz CT molecular complexity index is 1090. The van der Waals surface area contributed by atoms with E-state index < -0.39 is 16.1 Å². The van der Waals surface area contributed by atoms with Crippen LogP contribution < -0.4 is 4.72 Å². The second-order valence-electron chi connectivity index (χ2n) is 6.36. The molecule has 0 spiro atoms. The minimum Gasteiger partial charge on any atom is -0.279 e. The largest absolute Gasteiger partial charge is 0.279 e. The zero-order chi connectivity index (χ0) is 20.1. The molecule has 0 atom stereocenters. The number of rotatable bonds is 6. The SMILES string of the molecule is Cc1ccc(S(=O)(=O)Nc2ccccc2CC(=C(F)F)c2ccccc2)cc1. The van der Waals surface area contributed by atoms with Crippen LogP contribution in [0, 0.1) is 6.92 Å². The molecule has 1 N–H and O–H groups in total. The maximum atomic E-state index is 13.6. The summed E-state index contributed by atoms with van der Waals surface area (Å²) in [6, 6.07) is 21.3. The molecular weight excluding hydrogens is 380 g/mol. The molecule has 3 aromatic carbocycles. The highest BCUT2D eigenvalue weighted by Gasteiger charge is 2.18. The fourth-order valence-corrected chi connectivity index (χ4v) is 3.90. The second-order valence-corrected chi connectivity index (χ2v) is 8.04. The first-order valence-corrected chi connectivity index (χ1v) is 10.1. The number of aryl methyl sites for hydroxylation is 1. The first kappa shape index (κ1) is 19.8. The van der Waals surface area contributed by atoms with Crippen molar-refractivity contribution >= 4 is 21.3 Å². The van der Waals surface area contributed by atoms with Crippen LogP contribution in [0.1, 0.15) is 16.7 Å². The van der Waals surface area contributed by atoms with E-state index in [2.05, 4.69) is 4.72 Å². The summed E-state index contributed by atoms with van der Waals surface area (Å²) >= 11 is 0. The molecule has 0 amide bonds. The Hall–Kier alpha value is -2.99. The topological polar surface area (TPSA) is 46.2 Å². The van der Waals surface area contributed by atoms with Crippen molar-refractivity contribution in [1.29, 1.82) is 0 Å². The summed E-state index contributed by atoms with van der Waals surface area (Å²) in [7, 11) is -3.83. The van der Waals surface area contributed by atoms with Crippen molar-refractivity contribution in [3.8, 4) is 0 Å². The van der Waals surface area contributed by atoms with Gasteiger partial charge >= 0.3 is 0 Å². The van der Waals surface area contributed by atoms with E-state index in [0.717, 1.165) is 5.56 Å². The highest BCUT2D eigenvalue weighted by atomic mass is 32.2. The fourth-order valence-electron chi connectivity index (χ4n) is 2.80. The molecule has 0 aliphatic carbocycles. The number of anilines is 1. The molecular formula is C22H19F2NO2S. The predicted octanol–water partition coefficient (Wildman–Crippen LogP) is 5.65. The monoisotopic (exact) mass is 399 g/mol. The van der Waals surface area contributed by atoms with E-state index in [1.165, 1.54) is 12.1 Å². The molecule has 6 heteroatoms. The highest BCUT2D eigenvalue weighted by Crippen LogP contribution is 2.29. The molecule has 0 heterocycles. The summed E-state index contributed by atoms with van der Waals surface area (Å²) in [6.45, 7) is 1.86. The van der Waals surface area contributed by atoms with Crippen LogP contribution in [0.2, 0.25) is 0 Å². The molecule has 0 aliphatic heterocycles. The van der Waals surface area contributed by atoms with Crippen LogP contribution in [-0.2, 0) is 16.4 Å². The Kier molecular flexibility index (Phi) is 5.90. The lowest BCUT2D eigenvalue weighted by Crippen LogP contribution is -2.14. The van der Waals surface area contributed by atoms with Gasteiger partial charge in [-0.3, -0.25) is 4.72 Å². The number of benzene rings is 3. The van der Waals surface area contributed by atoms with Gasteiger partial charge in [-0.2, -0.15) is 8.78 Å².